The Bertz CT molecular complexity index is 222. The third-order valence-electron chi connectivity index (χ3n) is 1.65. The van der Waals surface area contributed by atoms with Crippen molar-refractivity contribution in [3.63, 3.8) is 0 Å². The molecule has 0 aromatic carbocycles. The van der Waals surface area contributed by atoms with Gasteiger partial charge in [-0.3, -0.25) is 0 Å². The van der Waals surface area contributed by atoms with Crippen LogP contribution >= 0.6 is 11.3 Å². The molecule has 0 amide bonds. The number of aliphatic hydroxyl groups excluding tert-OH is 1. The summed E-state index contributed by atoms with van der Waals surface area (Å²) in [4.78, 5) is 4.44. The van der Waals surface area contributed by atoms with Gasteiger partial charge in [0.1, 0.15) is 0 Å². The molecule has 2 nitrogen and oxygen atoms in total. The van der Waals surface area contributed by atoms with Crippen LogP contribution in [0.3, 0.4) is 0 Å². The first-order valence-electron chi connectivity index (χ1n) is 4.41. The Kier molecular flexibility index (Phi) is 4.25. The predicted octanol–water partition coefficient (Wildman–Crippen LogP) is 2.02. The van der Waals surface area contributed by atoms with Gasteiger partial charge in [0, 0.05) is 18.4 Å². The van der Waals surface area contributed by atoms with E-state index in [1.54, 1.807) is 11.3 Å². The van der Waals surface area contributed by atoms with Gasteiger partial charge in [0.15, 0.2) is 0 Å². The first kappa shape index (κ1) is 9.68. The maximum Gasteiger partial charge on any atom is 0.0929 e. The summed E-state index contributed by atoms with van der Waals surface area (Å²) in [6.07, 6.45) is 3.99. The van der Waals surface area contributed by atoms with E-state index in [0.29, 0.717) is 0 Å². The van der Waals surface area contributed by atoms with Crippen molar-refractivity contribution in [2.24, 2.45) is 0 Å². The zero-order chi connectivity index (χ0) is 8.81. The SMILES string of the molecule is CCCc1csc(CCCO)n1. The summed E-state index contributed by atoms with van der Waals surface area (Å²) in [6, 6.07) is 0. The number of aliphatic hydroxyl groups is 1. The van der Waals surface area contributed by atoms with Crippen LogP contribution in [0.15, 0.2) is 5.38 Å². The van der Waals surface area contributed by atoms with Crippen molar-refractivity contribution < 1.29 is 5.11 Å². The fraction of sp³-hybridized carbons (Fsp3) is 0.667. The van der Waals surface area contributed by atoms with Gasteiger partial charge in [0.25, 0.3) is 0 Å². The highest BCUT2D eigenvalue weighted by Crippen LogP contribution is 2.12. The molecule has 68 valence electrons. The molecule has 0 aliphatic rings. The van der Waals surface area contributed by atoms with Gasteiger partial charge in [-0.25, -0.2) is 4.98 Å². The molecule has 0 saturated carbocycles. The normalized spacial score (nSPS) is 10.5. The number of thiazole rings is 1. The molecular formula is C9H15NOS. The van der Waals surface area contributed by atoms with E-state index in [9.17, 15) is 0 Å². The summed E-state index contributed by atoms with van der Waals surface area (Å²) < 4.78 is 0. The third kappa shape index (κ3) is 2.91. The lowest BCUT2D eigenvalue weighted by atomic mass is 10.3. The van der Waals surface area contributed by atoms with Crippen LogP contribution in [0.25, 0.3) is 0 Å². The lowest BCUT2D eigenvalue weighted by Gasteiger charge is -1.91. The summed E-state index contributed by atoms with van der Waals surface area (Å²) >= 11 is 1.71. The van der Waals surface area contributed by atoms with Crippen LogP contribution in [0.2, 0.25) is 0 Å². The van der Waals surface area contributed by atoms with Gasteiger partial charge in [0.2, 0.25) is 0 Å². The highest BCUT2D eigenvalue weighted by molar-refractivity contribution is 7.09. The van der Waals surface area contributed by atoms with Crippen LogP contribution in [0.4, 0.5) is 0 Å². The molecule has 0 atom stereocenters. The molecule has 0 aliphatic heterocycles. The lowest BCUT2D eigenvalue weighted by Crippen LogP contribution is -1.89. The Hall–Kier alpha value is -0.410. The number of hydrogen-bond donors (Lipinski definition) is 1. The summed E-state index contributed by atoms with van der Waals surface area (Å²) in [5.74, 6) is 0. The van der Waals surface area contributed by atoms with E-state index >= 15 is 0 Å². The molecular weight excluding hydrogens is 170 g/mol. The lowest BCUT2D eigenvalue weighted by molar-refractivity contribution is 0.288. The number of hydrogen-bond acceptors (Lipinski definition) is 3. The van der Waals surface area contributed by atoms with Crippen molar-refractivity contribution in [1.29, 1.82) is 0 Å². The van der Waals surface area contributed by atoms with Gasteiger partial charge in [0.05, 0.1) is 10.7 Å². The summed E-state index contributed by atoms with van der Waals surface area (Å²) in [7, 11) is 0. The monoisotopic (exact) mass is 185 g/mol. The largest absolute Gasteiger partial charge is 0.396 e. The molecule has 1 aromatic rings. The zero-order valence-electron chi connectivity index (χ0n) is 7.42. The third-order valence-corrected chi connectivity index (χ3v) is 2.61. The summed E-state index contributed by atoms with van der Waals surface area (Å²) in [5, 5.41) is 11.9. The van der Waals surface area contributed by atoms with Crippen molar-refractivity contribution in [2.45, 2.75) is 32.6 Å². The van der Waals surface area contributed by atoms with Crippen molar-refractivity contribution in [1.82, 2.24) is 4.98 Å². The fourth-order valence-corrected chi connectivity index (χ4v) is 1.94. The van der Waals surface area contributed by atoms with Gasteiger partial charge < -0.3 is 5.11 Å². The molecule has 0 fully saturated rings. The Balaban J connectivity index is 2.41. The molecule has 0 saturated heterocycles. The molecule has 1 aromatic heterocycles. The molecule has 1 heterocycles. The molecule has 1 rings (SSSR count). The van der Waals surface area contributed by atoms with Crippen LogP contribution < -0.4 is 0 Å². The minimum Gasteiger partial charge on any atom is -0.396 e. The summed E-state index contributed by atoms with van der Waals surface area (Å²) in [5.41, 5.74) is 1.20. The first-order valence-corrected chi connectivity index (χ1v) is 5.29. The minimum atomic E-state index is 0.267. The van der Waals surface area contributed by atoms with Gasteiger partial charge in [-0.15, -0.1) is 11.3 Å². The Morgan fingerprint density at radius 3 is 3.00 bits per heavy atom. The van der Waals surface area contributed by atoms with Crippen LogP contribution in [0, 0.1) is 0 Å². The van der Waals surface area contributed by atoms with E-state index in [-0.39, 0.29) is 6.61 Å². The molecule has 3 heteroatoms. The number of aromatic nitrogens is 1. The van der Waals surface area contributed by atoms with Crippen LogP contribution in [-0.2, 0) is 12.8 Å². The maximum atomic E-state index is 8.61. The molecule has 0 bridgehead atoms. The smallest absolute Gasteiger partial charge is 0.0929 e. The van der Waals surface area contributed by atoms with E-state index in [2.05, 4.69) is 17.3 Å². The van der Waals surface area contributed by atoms with E-state index < -0.39 is 0 Å². The van der Waals surface area contributed by atoms with E-state index in [0.717, 1.165) is 30.7 Å². The van der Waals surface area contributed by atoms with Gasteiger partial charge in [-0.2, -0.15) is 0 Å². The molecule has 0 radical (unpaired) electrons. The van der Waals surface area contributed by atoms with Crippen LogP contribution in [-0.4, -0.2) is 16.7 Å². The minimum absolute atomic E-state index is 0.267. The molecule has 0 unspecified atom stereocenters. The van der Waals surface area contributed by atoms with E-state index in [1.807, 2.05) is 0 Å². The fourth-order valence-electron chi connectivity index (χ4n) is 1.06. The average Bonchev–Trinajstić information content (AvgIpc) is 2.50. The van der Waals surface area contributed by atoms with Crippen molar-refractivity contribution >= 4 is 11.3 Å². The topological polar surface area (TPSA) is 33.1 Å². The van der Waals surface area contributed by atoms with Crippen molar-refractivity contribution in [3.05, 3.63) is 16.1 Å². The second kappa shape index (κ2) is 5.27. The van der Waals surface area contributed by atoms with Gasteiger partial charge >= 0.3 is 0 Å². The standard InChI is InChI=1S/C9H15NOS/c1-2-4-8-7-12-9(10-8)5-3-6-11/h7,11H,2-6H2,1H3. The first-order chi connectivity index (χ1) is 5.86. The quantitative estimate of drug-likeness (QED) is 0.761. The predicted molar refractivity (Wildman–Crippen MR) is 51.5 cm³/mol. The second-order valence-corrected chi connectivity index (χ2v) is 3.75. The number of rotatable bonds is 5. The number of nitrogens with zero attached hydrogens (tertiary/aromatic N) is 1. The Morgan fingerprint density at radius 1 is 1.50 bits per heavy atom. The highest BCUT2D eigenvalue weighted by Gasteiger charge is 1.99. The second-order valence-electron chi connectivity index (χ2n) is 2.81. The zero-order valence-corrected chi connectivity index (χ0v) is 8.23. The van der Waals surface area contributed by atoms with Gasteiger partial charge in [-0.1, -0.05) is 13.3 Å². The number of aryl methyl sites for hydroxylation is 2. The highest BCUT2D eigenvalue weighted by atomic mass is 32.1. The Labute approximate surface area is 77.3 Å². The Morgan fingerprint density at radius 2 is 2.33 bits per heavy atom. The van der Waals surface area contributed by atoms with Crippen molar-refractivity contribution in [2.75, 3.05) is 6.61 Å². The van der Waals surface area contributed by atoms with Crippen LogP contribution in [0.1, 0.15) is 30.5 Å². The maximum absolute atomic E-state index is 8.61. The van der Waals surface area contributed by atoms with Gasteiger partial charge in [-0.05, 0) is 12.8 Å². The summed E-state index contributed by atoms with van der Waals surface area (Å²) in [6.45, 7) is 2.43. The molecule has 1 N–H and O–H groups in total. The molecule has 12 heavy (non-hydrogen) atoms. The molecule has 0 spiro atoms. The van der Waals surface area contributed by atoms with Crippen molar-refractivity contribution in [3.8, 4) is 0 Å². The average molecular weight is 185 g/mol. The van der Waals surface area contributed by atoms with E-state index in [1.165, 1.54) is 5.69 Å². The van der Waals surface area contributed by atoms with E-state index in [4.69, 9.17) is 5.11 Å². The van der Waals surface area contributed by atoms with Crippen LogP contribution in [0.5, 0.6) is 0 Å². The molecule has 0 aliphatic carbocycles.